The first-order chi connectivity index (χ1) is 14.7. The summed E-state index contributed by atoms with van der Waals surface area (Å²) < 4.78 is 17.5. The van der Waals surface area contributed by atoms with Gasteiger partial charge in [-0.2, -0.15) is 4.98 Å². The average Bonchev–Trinajstić information content (AvgIpc) is 3.34. The fourth-order valence-electron chi connectivity index (χ4n) is 3.37. The van der Waals surface area contributed by atoms with Crippen molar-refractivity contribution < 1.29 is 13.7 Å². The first-order valence-corrected chi connectivity index (χ1v) is 11.3. The fraction of sp³-hybridized carbons (Fsp3) is 0.421. The number of ether oxygens (including phenoxy) is 1. The highest BCUT2D eigenvalue weighted by Crippen LogP contribution is 2.33. The molecule has 0 saturated carbocycles. The lowest BCUT2D eigenvalue weighted by Crippen LogP contribution is -2.39. The number of anilines is 2. The van der Waals surface area contributed by atoms with Crippen molar-refractivity contribution in [1.82, 2.24) is 19.9 Å². The van der Waals surface area contributed by atoms with E-state index in [2.05, 4.69) is 25.3 Å². The van der Waals surface area contributed by atoms with E-state index < -0.39 is 22.4 Å². The molecule has 2 aliphatic heterocycles. The lowest BCUT2D eigenvalue weighted by molar-refractivity contribution is 0.138. The second kappa shape index (κ2) is 8.39. The minimum atomic E-state index is -1.19. The highest BCUT2D eigenvalue weighted by atomic mass is 35.5. The van der Waals surface area contributed by atoms with Crippen LogP contribution in [0.5, 0.6) is 0 Å². The second-order valence-electron chi connectivity index (χ2n) is 7.90. The predicted octanol–water partition coefficient (Wildman–Crippen LogP) is 1.77. The van der Waals surface area contributed by atoms with Crippen molar-refractivity contribution in [2.75, 3.05) is 35.7 Å². The maximum absolute atomic E-state index is 12.6. The van der Waals surface area contributed by atoms with Gasteiger partial charge in [-0.1, -0.05) is 17.7 Å². The molecule has 0 saturated heterocycles. The van der Waals surface area contributed by atoms with E-state index in [1.165, 1.54) is 0 Å². The predicted molar refractivity (Wildman–Crippen MR) is 117 cm³/mol. The zero-order valence-corrected chi connectivity index (χ0v) is 18.7. The number of nitrogens with one attached hydrogen (secondary N) is 1. The molecule has 1 unspecified atom stereocenters. The summed E-state index contributed by atoms with van der Waals surface area (Å²) in [4.78, 5) is 31.5. The zero-order valence-electron chi connectivity index (χ0n) is 17.1. The lowest BCUT2D eigenvalue weighted by Gasteiger charge is -2.27. The van der Waals surface area contributed by atoms with Crippen LogP contribution in [0.25, 0.3) is 5.57 Å². The zero-order chi connectivity index (χ0) is 22.2. The number of rotatable bonds is 6. The molecule has 4 rings (SSSR count). The Morgan fingerprint density at radius 3 is 2.81 bits per heavy atom. The number of aromatic nitrogens is 4. The van der Waals surface area contributed by atoms with E-state index in [0.717, 1.165) is 11.3 Å². The highest BCUT2D eigenvalue weighted by molar-refractivity contribution is 7.85. The molecule has 1 atom stereocenters. The van der Waals surface area contributed by atoms with Crippen molar-refractivity contribution in [3.05, 3.63) is 35.0 Å². The number of fused-ring (bicyclic) bond motifs is 1. The van der Waals surface area contributed by atoms with Gasteiger partial charge in [-0.3, -0.25) is 4.21 Å². The van der Waals surface area contributed by atoms with Crippen molar-refractivity contribution in [1.29, 1.82) is 0 Å². The normalized spacial score (nSPS) is 18.0. The molecule has 2 aromatic rings. The Morgan fingerprint density at radius 2 is 2.10 bits per heavy atom. The number of hydrogen-bond acceptors (Lipinski definition) is 9. The Hall–Kier alpha value is -2.79. The quantitative estimate of drug-likeness (QED) is 0.656. The van der Waals surface area contributed by atoms with Gasteiger partial charge in [0.2, 0.25) is 5.95 Å². The Morgan fingerprint density at radius 1 is 1.35 bits per heavy atom. The van der Waals surface area contributed by atoms with Gasteiger partial charge in [0.05, 0.1) is 27.1 Å². The number of nitrogens with two attached hydrogens (primary N) is 1. The molecular weight excluding hydrogens is 442 g/mol. The van der Waals surface area contributed by atoms with Crippen LogP contribution < -0.4 is 16.0 Å². The third-order valence-electron chi connectivity index (χ3n) is 4.82. The Kier molecular flexibility index (Phi) is 5.80. The molecule has 2 aliphatic rings. The molecule has 2 aromatic heterocycles. The number of aryl methyl sites for hydroxylation is 1. The Bertz CT molecular complexity index is 1070. The second-order valence-corrected chi connectivity index (χ2v) is 9.84. The first kappa shape index (κ1) is 21.4. The van der Waals surface area contributed by atoms with Crippen LogP contribution in [0.3, 0.4) is 0 Å². The fourth-order valence-corrected chi connectivity index (χ4v) is 4.77. The molecular formula is C19H22ClN7O3S. The molecule has 164 valence electrons. The van der Waals surface area contributed by atoms with Gasteiger partial charge in [-0.05, 0) is 13.8 Å². The summed E-state index contributed by atoms with van der Waals surface area (Å²) in [5.41, 5.74) is 6.13. The SMILES string of the molecule is CC(C)(COC(N)=O)Nc1nc(N2CC=C(c3ncc(Cl)cn3)C2)nc2c1S(=O)CC2. The highest BCUT2D eigenvalue weighted by Gasteiger charge is 2.31. The molecule has 10 nitrogen and oxygen atoms in total. The largest absolute Gasteiger partial charge is 0.447 e. The third-order valence-corrected chi connectivity index (χ3v) is 6.47. The van der Waals surface area contributed by atoms with Gasteiger partial charge in [0, 0.05) is 43.2 Å². The maximum Gasteiger partial charge on any atom is 0.404 e. The standard InChI is InChI=1S/C19H22ClN7O3S/c1-19(2,10-30-17(21)28)26-16-14-13(4-6-31(14)29)24-18(25-16)27-5-3-11(9-27)15-22-7-12(20)8-23-15/h3,7-8H,4-6,9-10H2,1-2H3,(H2,21,28)(H,24,25,26). The summed E-state index contributed by atoms with van der Waals surface area (Å²) in [6, 6.07) is 0. The van der Waals surface area contributed by atoms with Crippen molar-refractivity contribution in [2.45, 2.75) is 30.7 Å². The molecule has 0 bridgehead atoms. The molecule has 0 fully saturated rings. The summed E-state index contributed by atoms with van der Waals surface area (Å²) in [6.07, 6.45) is 4.90. The van der Waals surface area contributed by atoms with Crippen molar-refractivity contribution >= 4 is 45.8 Å². The minimum absolute atomic E-state index is 0.0341. The monoisotopic (exact) mass is 463 g/mol. The van der Waals surface area contributed by atoms with Crippen LogP contribution in [-0.2, 0) is 22.0 Å². The Balaban J connectivity index is 1.58. The summed E-state index contributed by atoms with van der Waals surface area (Å²) in [5.74, 6) is 2.11. The molecule has 0 spiro atoms. The number of carbonyl (C=O) groups is 1. The number of amides is 1. The van der Waals surface area contributed by atoms with Crippen molar-refractivity contribution in [3.63, 3.8) is 0 Å². The van der Waals surface area contributed by atoms with Gasteiger partial charge in [0.15, 0.2) is 5.82 Å². The van der Waals surface area contributed by atoms with Crippen LogP contribution in [0.4, 0.5) is 16.6 Å². The molecule has 0 radical (unpaired) electrons. The molecule has 0 aliphatic carbocycles. The first-order valence-electron chi connectivity index (χ1n) is 9.63. The lowest BCUT2D eigenvalue weighted by atomic mass is 10.1. The van der Waals surface area contributed by atoms with Crippen LogP contribution >= 0.6 is 11.6 Å². The van der Waals surface area contributed by atoms with Crippen LogP contribution in [0, 0.1) is 0 Å². The smallest absolute Gasteiger partial charge is 0.404 e. The topological polar surface area (TPSA) is 136 Å². The van der Waals surface area contributed by atoms with E-state index in [1.807, 2.05) is 24.8 Å². The number of nitrogens with zero attached hydrogens (tertiary/aromatic N) is 5. The third kappa shape index (κ3) is 4.77. The van der Waals surface area contributed by atoms with Gasteiger partial charge in [0.25, 0.3) is 0 Å². The van der Waals surface area contributed by atoms with Gasteiger partial charge < -0.3 is 20.7 Å². The molecule has 4 heterocycles. The molecule has 0 aromatic carbocycles. The molecule has 12 heteroatoms. The minimum Gasteiger partial charge on any atom is -0.447 e. The van der Waals surface area contributed by atoms with Gasteiger partial charge in [-0.15, -0.1) is 0 Å². The average molecular weight is 464 g/mol. The van der Waals surface area contributed by atoms with Crippen molar-refractivity contribution in [2.24, 2.45) is 5.73 Å². The van der Waals surface area contributed by atoms with Gasteiger partial charge >= 0.3 is 6.09 Å². The number of carbonyl (C=O) groups excluding carboxylic acids is 1. The van der Waals surface area contributed by atoms with E-state index >= 15 is 0 Å². The molecule has 3 N–H and O–H groups in total. The van der Waals surface area contributed by atoms with Crippen molar-refractivity contribution in [3.8, 4) is 0 Å². The number of hydrogen-bond donors (Lipinski definition) is 2. The van der Waals surface area contributed by atoms with Crippen LogP contribution in [-0.4, -0.2) is 61.2 Å². The number of primary amides is 1. The van der Waals surface area contributed by atoms with Gasteiger partial charge in [0.1, 0.15) is 17.3 Å². The Labute approximate surface area is 186 Å². The summed E-state index contributed by atoms with van der Waals surface area (Å²) in [6.45, 7) is 4.85. The van der Waals surface area contributed by atoms with E-state index in [0.29, 0.717) is 52.8 Å². The summed E-state index contributed by atoms with van der Waals surface area (Å²) >= 11 is 5.88. The molecule has 1 amide bonds. The van der Waals surface area contributed by atoms with E-state index in [1.54, 1.807) is 12.4 Å². The van der Waals surface area contributed by atoms with E-state index in [-0.39, 0.29) is 6.61 Å². The van der Waals surface area contributed by atoms with E-state index in [4.69, 9.17) is 22.1 Å². The maximum atomic E-state index is 12.6. The molecule has 31 heavy (non-hydrogen) atoms. The summed E-state index contributed by atoms with van der Waals surface area (Å²) in [5, 5.41) is 3.74. The van der Waals surface area contributed by atoms with Crippen LogP contribution in [0.15, 0.2) is 23.4 Å². The van der Waals surface area contributed by atoms with Crippen LogP contribution in [0.1, 0.15) is 25.4 Å². The van der Waals surface area contributed by atoms with E-state index in [9.17, 15) is 9.00 Å². The number of halogens is 1. The van der Waals surface area contributed by atoms with Gasteiger partial charge in [-0.25, -0.2) is 19.7 Å². The van der Waals surface area contributed by atoms with Crippen LogP contribution in [0.2, 0.25) is 5.02 Å². The summed E-state index contributed by atoms with van der Waals surface area (Å²) in [7, 11) is -1.19.